The van der Waals surface area contributed by atoms with Crippen LogP contribution in [0.25, 0.3) is 0 Å². The smallest absolute Gasteiger partial charge is 0.290 e. The average Bonchev–Trinajstić information content (AvgIpc) is 3.03. The van der Waals surface area contributed by atoms with Crippen molar-refractivity contribution in [3.05, 3.63) is 0 Å². The van der Waals surface area contributed by atoms with Crippen molar-refractivity contribution in [3.8, 4) is 0 Å². The zero-order chi connectivity index (χ0) is 22.4. The Bertz CT molecular complexity index is 716. The van der Waals surface area contributed by atoms with E-state index < -0.39 is 40.3 Å². The molecule has 2 heterocycles. The third-order valence-electron chi connectivity index (χ3n) is 7.03. The Hall–Kier alpha value is -1.96. The highest BCUT2D eigenvalue weighted by molar-refractivity contribution is 6.35. The predicted molar refractivity (Wildman–Crippen MR) is 110 cm³/mol. The molecule has 0 bridgehead atoms. The SMILES string of the molecule is CNC(C)C(=O)NC(C(=O)N1CCC2(C)N(C(=O)C(C)=O)CCC12C)C(C)(C)C. The molecule has 2 aliphatic heterocycles. The van der Waals surface area contributed by atoms with Crippen LogP contribution in [-0.2, 0) is 19.2 Å². The standard InChI is InChI=1S/C21H36N4O4/c1-13(22-8)16(27)23-15(19(3,4)5)18(29)25-12-10-20(6)21(25,7)9-11-24(20)17(28)14(2)26/h13,15,22H,9-12H2,1-8H3,(H,23,27). The first-order valence-electron chi connectivity index (χ1n) is 10.3. The number of fused-ring (bicyclic) bond motifs is 1. The van der Waals surface area contributed by atoms with Gasteiger partial charge in [0.1, 0.15) is 6.04 Å². The van der Waals surface area contributed by atoms with E-state index in [0.29, 0.717) is 25.9 Å². The summed E-state index contributed by atoms with van der Waals surface area (Å²) in [5.74, 6) is -1.35. The number of hydrogen-bond donors (Lipinski definition) is 2. The number of likely N-dealkylation sites (N-methyl/N-ethyl adjacent to an activating group) is 1. The first-order chi connectivity index (χ1) is 13.2. The summed E-state index contributed by atoms with van der Waals surface area (Å²) < 4.78 is 0. The molecule has 3 amide bonds. The minimum Gasteiger partial charge on any atom is -0.342 e. The van der Waals surface area contributed by atoms with E-state index in [1.54, 1.807) is 18.9 Å². The molecule has 2 fully saturated rings. The Morgan fingerprint density at radius 1 is 0.966 bits per heavy atom. The molecular weight excluding hydrogens is 372 g/mol. The molecule has 8 heteroatoms. The van der Waals surface area contributed by atoms with E-state index >= 15 is 0 Å². The Balaban J connectivity index is 2.33. The van der Waals surface area contributed by atoms with E-state index in [2.05, 4.69) is 10.6 Å². The van der Waals surface area contributed by atoms with Crippen LogP contribution in [0.3, 0.4) is 0 Å². The van der Waals surface area contributed by atoms with E-state index in [1.165, 1.54) is 6.92 Å². The summed E-state index contributed by atoms with van der Waals surface area (Å²) >= 11 is 0. The van der Waals surface area contributed by atoms with Crippen molar-refractivity contribution in [2.45, 2.75) is 84.5 Å². The Morgan fingerprint density at radius 3 is 1.90 bits per heavy atom. The normalized spacial score (nSPS) is 28.7. The molecule has 0 aliphatic carbocycles. The zero-order valence-corrected chi connectivity index (χ0v) is 19.0. The van der Waals surface area contributed by atoms with Gasteiger partial charge in [0, 0.05) is 20.0 Å². The Labute approximate surface area is 173 Å². The molecule has 0 aromatic rings. The number of amides is 3. The fraction of sp³-hybridized carbons (Fsp3) is 0.810. The van der Waals surface area contributed by atoms with E-state index in [4.69, 9.17) is 0 Å². The molecule has 4 unspecified atom stereocenters. The van der Waals surface area contributed by atoms with Gasteiger partial charge in [-0.05, 0) is 46.1 Å². The van der Waals surface area contributed by atoms with Crippen molar-refractivity contribution in [1.29, 1.82) is 0 Å². The van der Waals surface area contributed by atoms with Crippen LogP contribution < -0.4 is 10.6 Å². The van der Waals surface area contributed by atoms with Crippen LogP contribution >= 0.6 is 0 Å². The number of rotatable bonds is 5. The van der Waals surface area contributed by atoms with Gasteiger partial charge in [-0.3, -0.25) is 19.2 Å². The van der Waals surface area contributed by atoms with Gasteiger partial charge in [-0.1, -0.05) is 20.8 Å². The molecule has 4 atom stereocenters. The summed E-state index contributed by atoms with van der Waals surface area (Å²) in [7, 11) is 1.70. The maximum Gasteiger partial charge on any atom is 0.290 e. The quantitative estimate of drug-likeness (QED) is 0.653. The second kappa shape index (κ2) is 7.70. The third kappa shape index (κ3) is 3.79. The lowest BCUT2D eigenvalue weighted by molar-refractivity contribution is -0.148. The molecule has 0 spiro atoms. The van der Waals surface area contributed by atoms with Crippen LogP contribution in [0.1, 0.15) is 61.3 Å². The number of carbonyl (C=O) groups is 4. The van der Waals surface area contributed by atoms with Crippen molar-refractivity contribution in [2.24, 2.45) is 5.41 Å². The van der Waals surface area contributed by atoms with E-state index in [9.17, 15) is 19.2 Å². The monoisotopic (exact) mass is 408 g/mol. The lowest BCUT2D eigenvalue weighted by Crippen LogP contribution is -2.63. The second-order valence-corrected chi connectivity index (χ2v) is 9.87. The highest BCUT2D eigenvalue weighted by Crippen LogP contribution is 2.50. The van der Waals surface area contributed by atoms with Gasteiger partial charge in [0.15, 0.2) is 0 Å². The summed E-state index contributed by atoms with van der Waals surface area (Å²) in [5.41, 5.74) is -1.67. The van der Waals surface area contributed by atoms with Gasteiger partial charge in [0.25, 0.3) is 5.91 Å². The number of nitrogens with zero attached hydrogens (tertiary/aromatic N) is 2. The summed E-state index contributed by atoms with van der Waals surface area (Å²) in [6.07, 6.45) is 1.21. The maximum absolute atomic E-state index is 13.7. The number of Topliss-reactive ketones (excluding diaryl/α,β-unsaturated/α-hetero) is 1. The van der Waals surface area contributed by atoms with Crippen LogP contribution in [0.5, 0.6) is 0 Å². The minimum absolute atomic E-state index is 0.141. The van der Waals surface area contributed by atoms with Gasteiger partial charge in [-0.2, -0.15) is 0 Å². The Kier molecular flexibility index (Phi) is 6.19. The molecule has 164 valence electrons. The lowest BCUT2D eigenvalue weighted by Gasteiger charge is -2.45. The summed E-state index contributed by atoms with van der Waals surface area (Å²) in [4.78, 5) is 53.8. The number of carbonyl (C=O) groups excluding carboxylic acids is 4. The van der Waals surface area contributed by atoms with Gasteiger partial charge >= 0.3 is 0 Å². The topological polar surface area (TPSA) is 98.8 Å². The molecule has 0 aromatic heterocycles. The average molecular weight is 409 g/mol. The fourth-order valence-corrected chi connectivity index (χ4v) is 4.61. The molecule has 0 aromatic carbocycles. The highest BCUT2D eigenvalue weighted by atomic mass is 16.2. The number of likely N-dealkylation sites (tertiary alicyclic amines) is 2. The number of hydrogen-bond acceptors (Lipinski definition) is 5. The largest absolute Gasteiger partial charge is 0.342 e. The molecule has 2 aliphatic rings. The third-order valence-corrected chi connectivity index (χ3v) is 7.03. The van der Waals surface area contributed by atoms with Crippen molar-refractivity contribution >= 4 is 23.5 Å². The van der Waals surface area contributed by atoms with Crippen molar-refractivity contribution < 1.29 is 19.2 Å². The first kappa shape index (κ1) is 23.3. The van der Waals surface area contributed by atoms with Crippen LogP contribution in [0.15, 0.2) is 0 Å². The van der Waals surface area contributed by atoms with Crippen LogP contribution in [-0.4, -0.2) is 76.6 Å². The number of ketones is 1. The molecule has 8 nitrogen and oxygen atoms in total. The molecule has 29 heavy (non-hydrogen) atoms. The summed E-state index contributed by atoms with van der Waals surface area (Å²) in [6.45, 7) is 13.7. The first-order valence-corrected chi connectivity index (χ1v) is 10.3. The van der Waals surface area contributed by atoms with E-state index in [1.807, 2.05) is 39.5 Å². The number of nitrogens with one attached hydrogen (secondary N) is 2. The lowest BCUT2D eigenvalue weighted by atomic mass is 9.79. The van der Waals surface area contributed by atoms with Gasteiger partial charge in [0.05, 0.1) is 17.1 Å². The van der Waals surface area contributed by atoms with Gasteiger partial charge in [0.2, 0.25) is 17.6 Å². The molecule has 0 radical (unpaired) electrons. The summed E-state index contributed by atoms with van der Waals surface area (Å²) in [5, 5.41) is 5.82. The van der Waals surface area contributed by atoms with Crippen LogP contribution in [0.4, 0.5) is 0 Å². The minimum atomic E-state index is -0.692. The van der Waals surface area contributed by atoms with Crippen molar-refractivity contribution in [2.75, 3.05) is 20.1 Å². The molecular formula is C21H36N4O4. The van der Waals surface area contributed by atoms with Gasteiger partial charge < -0.3 is 20.4 Å². The predicted octanol–water partition coefficient (Wildman–Crippen LogP) is 0.696. The van der Waals surface area contributed by atoms with E-state index in [-0.39, 0.29) is 11.8 Å². The molecule has 2 saturated heterocycles. The van der Waals surface area contributed by atoms with Crippen LogP contribution in [0, 0.1) is 5.41 Å². The fourth-order valence-electron chi connectivity index (χ4n) is 4.61. The highest BCUT2D eigenvalue weighted by Gasteiger charge is 2.63. The van der Waals surface area contributed by atoms with Gasteiger partial charge in [-0.25, -0.2) is 0 Å². The van der Waals surface area contributed by atoms with Crippen molar-refractivity contribution in [1.82, 2.24) is 20.4 Å². The Morgan fingerprint density at radius 2 is 1.45 bits per heavy atom. The second-order valence-electron chi connectivity index (χ2n) is 9.87. The van der Waals surface area contributed by atoms with Crippen LogP contribution in [0.2, 0.25) is 0 Å². The van der Waals surface area contributed by atoms with E-state index in [0.717, 1.165) is 0 Å². The zero-order valence-electron chi connectivity index (χ0n) is 19.0. The molecule has 2 rings (SSSR count). The molecule has 2 N–H and O–H groups in total. The summed E-state index contributed by atoms with van der Waals surface area (Å²) in [6, 6.07) is -1.11. The molecule has 0 saturated carbocycles. The van der Waals surface area contributed by atoms with Crippen molar-refractivity contribution in [3.63, 3.8) is 0 Å². The van der Waals surface area contributed by atoms with Gasteiger partial charge in [-0.15, -0.1) is 0 Å². The maximum atomic E-state index is 13.7.